The summed E-state index contributed by atoms with van der Waals surface area (Å²) in [7, 11) is 0. The predicted molar refractivity (Wildman–Crippen MR) is 79.4 cm³/mol. The van der Waals surface area contributed by atoms with Crippen molar-refractivity contribution in [3.8, 4) is 0 Å². The van der Waals surface area contributed by atoms with Gasteiger partial charge in [-0.1, -0.05) is 38.5 Å². The highest BCUT2D eigenvalue weighted by atomic mass is 32.1. The van der Waals surface area contributed by atoms with Gasteiger partial charge in [0.1, 0.15) is 5.78 Å². The molecule has 4 heteroatoms. The zero-order chi connectivity index (χ0) is 14.2. The molecule has 0 bridgehead atoms. The molecule has 0 aliphatic heterocycles. The van der Waals surface area contributed by atoms with E-state index in [0.29, 0.717) is 6.42 Å². The first-order valence-corrected chi connectivity index (χ1v) is 7.43. The molecule has 1 N–H and O–H groups in total. The van der Waals surface area contributed by atoms with Crippen LogP contribution in [0.4, 0.5) is 0 Å². The lowest BCUT2D eigenvalue weighted by Crippen LogP contribution is -1.93. The Morgan fingerprint density at radius 1 is 0.833 bits per heavy atom. The summed E-state index contributed by atoms with van der Waals surface area (Å²) in [6, 6.07) is 0. The Hall–Kier alpha value is -0.510. The smallest absolute Gasteiger partial charge is 0.303 e. The molecular weight excluding hydrogens is 248 g/mol. The van der Waals surface area contributed by atoms with Crippen molar-refractivity contribution in [3.63, 3.8) is 0 Å². The molecule has 108 valence electrons. The van der Waals surface area contributed by atoms with Crippen LogP contribution in [0.5, 0.6) is 0 Å². The summed E-state index contributed by atoms with van der Waals surface area (Å²) in [5.41, 5.74) is 0. The van der Waals surface area contributed by atoms with Gasteiger partial charge in [0, 0.05) is 6.42 Å². The van der Waals surface area contributed by atoms with E-state index in [-0.39, 0.29) is 5.78 Å². The van der Waals surface area contributed by atoms with Crippen LogP contribution < -0.4 is 0 Å². The van der Waals surface area contributed by atoms with Crippen molar-refractivity contribution in [2.75, 3.05) is 5.75 Å². The van der Waals surface area contributed by atoms with E-state index in [0.717, 1.165) is 18.6 Å². The zero-order valence-electron chi connectivity index (χ0n) is 11.8. The van der Waals surface area contributed by atoms with Gasteiger partial charge in [0.15, 0.2) is 0 Å². The van der Waals surface area contributed by atoms with E-state index in [9.17, 15) is 9.59 Å². The second kappa shape index (κ2) is 16.5. The molecule has 0 aliphatic carbocycles. The van der Waals surface area contributed by atoms with Gasteiger partial charge in [-0.3, -0.25) is 4.79 Å². The first kappa shape index (κ1) is 19.8. The summed E-state index contributed by atoms with van der Waals surface area (Å²) < 4.78 is 0. The fraction of sp³-hybridized carbons (Fsp3) is 0.857. The van der Waals surface area contributed by atoms with Crippen molar-refractivity contribution in [2.24, 2.45) is 0 Å². The van der Waals surface area contributed by atoms with Crippen LogP contribution in [0.15, 0.2) is 0 Å². The number of carbonyl (C=O) groups excluding carboxylic acids is 1. The molecule has 0 spiro atoms. The molecule has 0 aromatic heterocycles. The van der Waals surface area contributed by atoms with Gasteiger partial charge < -0.3 is 9.90 Å². The monoisotopic (exact) mass is 276 g/mol. The minimum atomic E-state index is -0.668. The van der Waals surface area contributed by atoms with Crippen molar-refractivity contribution in [2.45, 2.75) is 71.6 Å². The normalized spacial score (nSPS) is 9.50. The van der Waals surface area contributed by atoms with Gasteiger partial charge in [-0.25, -0.2) is 0 Å². The van der Waals surface area contributed by atoms with E-state index in [2.05, 4.69) is 12.6 Å². The molecule has 0 aliphatic rings. The quantitative estimate of drug-likeness (QED) is 0.466. The van der Waals surface area contributed by atoms with Crippen molar-refractivity contribution < 1.29 is 14.7 Å². The lowest BCUT2D eigenvalue weighted by molar-refractivity contribution is -0.137. The lowest BCUT2D eigenvalue weighted by Gasteiger charge is -2.00. The summed E-state index contributed by atoms with van der Waals surface area (Å²) in [4.78, 5) is 19.6. The molecule has 3 nitrogen and oxygen atoms in total. The molecule has 0 atom stereocenters. The van der Waals surface area contributed by atoms with Crippen LogP contribution in [0.1, 0.15) is 71.6 Å². The Kier molecular flexibility index (Phi) is 18.2. The highest BCUT2D eigenvalue weighted by Gasteiger charge is 1.96. The van der Waals surface area contributed by atoms with Gasteiger partial charge >= 0.3 is 5.97 Å². The molecule has 0 radical (unpaired) electrons. The number of carbonyl (C=O) groups is 2. The number of Topliss-reactive ketones (excluding diaryl/α,β-unsaturated/α-hetero) is 1. The van der Waals surface area contributed by atoms with Crippen molar-refractivity contribution in [3.05, 3.63) is 0 Å². The van der Waals surface area contributed by atoms with E-state index in [1.165, 1.54) is 52.4 Å². The number of thiol groups is 1. The van der Waals surface area contributed by atoms with E-state index in [4.69, 9.17) is 5.11 Å². The molecule has 0 unspecified atom stereocenters. The maximum Gasteiger partial charge on any atom is 0.303 e. The van der Waals surface area contributed by atoms with Crippen LogP contribution in [0, 0.1) is 0 Å². The summed E-state index contributed by atoms with van der Waals surface area (Å²) in [5.74, 6) is 0.497. The average molecular weight is 276 g/mol. The maximum absolute atomic E-state index is 10.2. The standard InChI is InChI=1S/C11H22O2S.C3H6O/c12-11(13)9-7-5-3-1-2-4-6-8-10-14;1-3(2)4/h14H,1-10H2,(H,12,13);1-2H3. The fourth-order valence-electron chi connectivity index (χ4n) is 1.45. The third-order valence-corrected chi connectivity index (χ3v) is 2.61. The minimum absolute atomic E-state index is 0.167. The molecule has 0 saturated heterocycles. The molecule has 0 fully saturated rings. The Labute approximate surface area is 117 Å². The van der Waals surface area contributed by atoms with E-state index >= 15 is 0 Å². The number of rotatable bonds is 10. The minimum Gasteiger partial charge on any atom is -0.481 e. The van der Waals surface area contributed by atoms with Crippen LogP contribution in [-0.2, 0) is 9.59 Å². The summed E-state index contributed by atoms with van der Waals surface area (Å²) in [6.45, 7) is 3.06. The topological polar surface area (TPSA) is 54.4 Å². The summed E-state index contributed by atoms with van der Waals surface area (Å²) in [6.07, 6.45) is 9.80. The molecule has 0 heterocycles. The van der Waals surface area contributed by atoms with Gasteiger partial charge in [-0.15, -0.1) is 0 Å². The van der Waals surface area contributed by atoms with Gasteiger partial charge in [-0.05, 0) is 32.4 Å². The third kappa shape index (κ3) is 29.6. The van der Waals surface area contributed by atoms with Crippen LogP contribution in [0.2, 0.25) is 0 Å². The van der Waals surface area contributed by atoms with Gasteiger partial charge in [0.2, 0.25) is 0 Å². The highest BCUT2D eigenvalue weighted by Crippen LogP contribution is 2.09. The number of hydrogen-bond donors (Lipinski definition) is 2. The van der Waals surface area contributed by atoms with E-state index < -0.39 is 5.97 Å². The number of aliphatic carboxylic acids is 1. The van der Waals surface area contributed by atoms with Crippen LogP contribution in [0.25, 0.3) is 0 Å². The maximum atomic E-state index is 10.2. The van der Waals surface area contributed by atoms with E-state index in [1.54, 1.807) is 0 Å². The van der Waals surface area contributed by atoms with Gasteiger partial charge in [-0.2, -0.15) is 12.6 Å². The van der Waals surface area contributed by atoms with Gasteiger partial charge in [0.05, 0.1) is 0 Å². The number of hydrogen-bond acceptors (Lipinski definition) is 3. The Morgan fingerprint density at radius 3 is 1.50 bits per heavy atom. The van der Waals surface area contributed by atoms with Crippen LogP contribution in [-0.4, -0.2) is 22.6 Å². The molecule has 18 heavy (non-hydrogen) atoms. The Bertz CT molecular complexity index is 201. The van der Waals surface area contributed by atoms with Crippen molar-refractivity contribution >= 4 is 24.4 Å². The number of carboxylic acids is 1. The van der Waals surface area contributed by atoms with Gasteiger partial charge in [0.25, 0.3) is 0 Å². The Balaban J connectivity index is 0. The third-order valence-electron chi connectivity index (χ3n) is 2.30. The zero-order valence-corrected chi connectivity index (χ0v) is 12.7. The van der Waals surface area contributed by atoms with E-state index in [1.807, 2.05) is 0 Å². The SMILES string of the molecule is CC(C)=O.O=C(O)CCCCCCCCCCS. The number of ketones is 1. The summed E-state index contributed by atoms with van der Waals surface area (Å²) in [5, 5.41) is 8.41. The fourth-order valence-corrected chi connectivity index (χ4v) is 1.67. The molecule has 0 saturated carbocycles. The largest absolute Gasteiger partial charge is 0.481 e. The molecule has 0 aromatic carbocycles. The Morgan fingerprint density at radius 2 is 1.17 bits per heavy atom. The lowest BCUT2D eigenvalue weighted by atomic mass is 10.1. The first-order valence-electron chi connectivity index (χ1n) is 6.80. The second-order valence-corrected chi connectivity index (χ2v) is 5.05. The van der Waals surface area contributed by atoms with Crippen molar-refractivity contribution in [1.29, 1.82) is 0 Å². The number of unbranched alkanes of at least 4 members (excludes halogenated alkanes) is 7. The molecule has 0 rings (SSSR count). The van der Waals surface area contributed by atoms with Crippen LogP contribution >= 0.6 is 12.6 Å². The predicted octanol–water partition coefficient (Wildman–Crippen LogP) is 4.11. The molecule has 0 amide bonds. The number of carboxylic acid groups (broad SMARTS) is 1. The molecular formula is C14H28O3S. The highest BCUT2D eigenvalue weighted by molar-refractivity contribution is 7.80. The first-order chi connectivity index (χ1) is 8.50. The van der Waals surface area contributed by atoms with Crippen LogP contribution in [0.3, 0.4) is 0 Å². The average Bonchev–Trinajstić information content (AvgIpc) is 2.26. The van der Waals surface area contributed by atoms with Crippen molar-refractivity contribution in [1.82, 2.24) is 0 Å². The molecule has 0 aromatic rings. The summed E-state index contributed by atoms with van der Waals surface area (Å²) >= 11 is 4.16. The second-order valence-electron chi connectivity index (χ2n) is 4.60.